The van der Waals surface area contributed by atoms with Gasteiger partial charge in [-0.05, 0) is 44.0 Å². The van der Waals surface area contributed by atoms with E-state index < -0.39 is 0 Å². The van der Waals surface area contributed by atoms with Crippen molar-refractivity contribution in [3.63, 3.8) is 0 Å². The summed E-state index contributed by atoms with van der Waals surface area (Å²) >= 11 is 7.87. The largest absolute Gasteiger partial charge is 0.347 e. The number of rotatable bonds is 4. The predicted molar refractivity (Wildman–Crippen MR) is 90.4 cm³/mol. The number of nitrogens with zero attached hydrogens (tertiary/aromatic N) is 2. The van der Waals surface area contributed by atoms with E-state index in [1.165, 1.54) is 29.0 Å². The molecule has 0 saturated carbocycles. The molecular formula is C16H20ClN3S. The Morgan fingerprint density at radius 2 is 2.33 bits per heavy atom. The molecule has 1 heterocycles. The number of halogens is 1. The van der Waals surface area contributed by atoms with Gasteiger partial charge in [-0.1, -0.05) is 35.1 Å². The molecule has 0 spiro atoms. The molecule has 1 atom stereocenters. The maximum absolute atomic E-state index is 6.05. The number of fused-ring (bicyclic) bond motifs is 1. The predicted octanol–water partition coefficient (Wildman–Crippen LogP) is 4.03. The van der Waals surface area contributed by atoms with Gasteiger partial charge in [-0.15, -0.1) is 0 Å². The van der Waals surface area contributed by atoms with Crippen molar-refractivity contribution in [2.45, 2.75) is 31.8 Å². The second-order valence-corrected chi connectivity index (χ2v) is 6.97. The van der Waals surface area contributed by atoms with Crippen LogP contribution in [0.15, 0.2) is 24.3 Å². The van der Waals surface area contributed by atoms with Crippen LogP contribution in [-0.4, -0.2) is 19.1 Å². The van der Waals surface area contributed by atoms with Crippen LogP contribution in [0, 0.1) is 0 Å². The Bertz CT molecular complexity index is 626. The van der Waals surface area contributed by atoms with E-state index in [1.807, 2.05) is 36.6 Å². The van der Waals surface area contributed by atoms with Crippen molar-refractivity contribution < 1.29 is 0 Å². The van der Waals surface area contributed by atoms with Crippen LogP contribution in [0.4, 0.5) is 5.13 Å². The van der Waals surface area contributed by atoms with E-state index >= 15 is 0 Å². The van der Waals surface area contributed by atoms with Gasteiger partial charge in [0, 0.05) is 29.5 Å². The van der Waals surface area contributed by atoms with Crippen LogP contribution < -0.4 is 10.2 Å². The Hall–Kier alpha value is -1.10. The molecule has 0 radical (unpaired) electrons. The summed E-state index contributed by atoms with van der Waals surface area (Å²) in [5.41, 5.74) is 2.49. The van der Waals surface area contributed by atoms with Gasteiger partial charge in [-0.2, -0.15) is 0 Å². The maximum Gasteiger partial charge on any atom is 0.185 e. The van der Waals surface area contributed by atoms with Crippen LogP contribution in [0.2, 0.25) is 5.02 Å². The fourth-order valence-electron chi connectivity index (χ4n) is 2.82. The average Bonchev–Trinajstić information content (AvgIpc) is 2.91. The summed E-state index contributed by atoms with van der Waals surface area (Å²) in [5.74, 6) is 0. The van der Waals surface area contributed by atoms with Crippen LogP contribution in [0.3, 0.4) is 0 Å². The average molecular weight is 322 g/mol. The first-order chi connectivity index (χ1) is 10.2. The molecule has 1 N–H and O–H groups in total. The number of benzene rings is 1. The lowest BCUT2D eigenvalue weighted by atomic mass is 9.98. The molecule has 0 amide bonds. The summed E-state index contributed by atoms with van der Waals surface area (Å²) in [5, 5.41) is 5.29. The highest BCUT2D eigenvalue weighted by atomic mass is 35.5. The Morgan fingerprint density at radius 3 is 3.10 bits per heavy atom. The van der Waals surface area contributed by atoms with E-state index in [4.69, 9.17) is 16.6 Å². The topological polar surface area (TPSA) is 28.2 Å². The molecule has 0 saturated heterocycles. The Kier molecular flexibility index (Phi) is 4.48. The summed E-state index contributed by atoms with van der Waals surface area (Å²) in [6.45, 7) is 0.831. The summed E-state index contributed by atoms with van der Waals surface area (Å²) in [4.78, 5) is 8.46. The van der Waals surface area contributed by atoms with E-state index in [9.17, 15) is 0 Å². The highest BCUT2D eigenvalue weighted by Crippen LogP contribution is 2.37. The molecule has 1 unspecified atom stereocenters. The van der Waals surface area contributed by atoms with E-state index in [1.54, 1.807) is 0 Å². The smallest absolute Gasteiger partial charge is 0.185 e. The van der Waals surface area contributed by atoms with Crippen molar-refractivity contribution in [1.82, 2.24) is 10.3 Å². The number of aromatic nitrogens is 1. The molecule has 1 aliphatic carbocycles. The van der Waals surface area contributed by atoms with Crippen molar-refractivity contribution in [2.24, 2.45) is 0 Å². The van der Waals surface area contributed by atoms with Gasteiger partial charge >= 0.3 is 0 Å². The lowest BCUT2D eigenvalue weighted by Crippen LogP contribution is -2.19. The molecule has 3 nitrogen and oxygen atoms in total. The van der Waals surface area contributed by atoms with Crippen molar-refractivity contribution in [3.05, 3.63) is 45.4 Å². The minimum Gasteiger partial charge on any atom is -0.347 e. The Labute approximate surface area is 135 Å². The lowest BCUT2D eigenvalue weighted by Gasteiger charge is -2.19. The van der Waals surface area contributed by atoms with Crippen LogP contribution in [-0.2, 0) is 13.0 Å². The molecule has 0 fully saturated rings. The van der Waals surface area contributed by atoms with Gasteiger partial charge < -0.3 is 10.2 Å². The Morgan fingerprint density at radius 1 is 1.48 bits per heavy atom. The third-order valence-electron chi connectivity index (χ3n) is 3.92. The molecule has 0 bridgehead atoms. The molecule has 3 rings (SSSR count). The van der Waals surface area contributed by atoms with Gasteiger partial charge in [0.2, 0.25) is 0 Å². The third-order valence-corrected chi connectivity index (χ3v) is 5.48. The zero-order valence-electron chi connectivity index (χ0n) is 12.4. The molecule has 5 heteroatoms. The van der Waals surface area contributed by atoms with E-state index in [-0.39, 0.29) is 0 Å². The molecule has 1 aliphatic rings. The van der Waals surface area contributed by atoms with Gasteiger partial charge in [0.05, 0.1) is 5.69 Å². The SMILES string of the molecule is CNC1CCCc2nc(N(C)Cc3cccc(Cl)c3)sc21. The highest BCUT2D eigenvalue weighted by Gasteiger charge is 2.24. The molecular weight excluding hydrogens is 302 g/mol. The first-order valence-corrected chi connectivity index (χ1v) is 8.49. The van der Waals surface area contributed by atoms with Gasteiger partial charge in [0.25, 0.3) is 0 Å². The van der Waals surface area contributed by atoms with Crippen LogP contribution in [0.25, 0.3) is 0 Å². The van der Waals surface area contributed by atoms with Crippen LogP contribution in [0.5, 0.6) is 0 Å². The normalized spacial score (nSPS) is 17.6. The quantitative estimate of drug-likeness (QED) is 0.921. The molecule has 112 valence electrons. The number of anilines is 1. The number of aryl methyl sites for hydroxylation is 1. The van der Waals surface area contributed by atoms with E-state index in [0.717, 1.165) is 23.1 Å². The fourth-order valence-corrected chi connectivity index (χ4v) is 4.25. The standard InChI is InChI=1S/C16H20ClN3S/c1-18-13-7-4-8-14-15(13)21-16(19-14)20(2)10-11-5-3-6-12(17)9-11/h3,5-6,9,13,18H,4,7-8,10H2,1-2H3. The van der Waals surface area contributed by atoms with Gasteiger partial charge in [0.15, 0.2) is 5.13 Å². The lowest BCUT2D eigenvalue weighted by molar-refractivity contribution is 0.501. The maximum atomic E-state index is 6.05. The second-order valence-electron chi connectivity index (χ2n) is 5.53. The van der Waals surface area contributed by atoms with E-state index in [2.05, 4.69) is 23.3 Å². The minimum atomic E-state index is 0.472. The van der Waals surface area contributed by atoms with Crippen molar-refractivity contribution in [1.29, 1.82) is 0 Å². The number of nitrogens with one attached hydrogen (secondary N) is 1. The van der Waals surface area contributed by atoms with Gasteiger partial charge in [-0.3, -0.25) is 0 Å². The third kappa shape index (κ3) is 3.23. The summed E-state index contributed by atoms with van der Waals surface area (Å²) in [7, 11) is 4.13. The second kappa shape index (κ2) is 6.34. The monoisotopic (exact) mass is 321 g/mol. The summed E-state index contributed by atoms with van der Waals surface area (Å²) in [6.07, 6.45) is 3.54. The fraction of sp³-hybridized carbons (Fsp3) is 0.438. The Balaban J connectivity index is 1.79. The molecule has 1 aromatic carbocycles. The van der Waals surface area contributed by atoms with Crippen molar-refractivity contribution >= 4 is 28.1 Å². The van der Waals surface area contributed by atoms with Gasteiger partial charge in [-0.25, -0.2) is 4.98 Å². The molecule has 2 aromatic rings. The molecule has 1 aromatic heterocycles. The summed E-state index contributed by atoms with van der Waals surface area (Å²) < 4.78 is 0. The van der Waals surface area contributed by atoms with E-state index in [0.29, 0.717) is 6.04 Å². The van der Waals surface area contributed by atoms with Crippen LogP contribution in [0.1, 0.15) is 35.0 Å². The van der Waals surface area contributed by atoms with Crippen molar-refractivity contribution in [3.8, 4) is 0 Å². The first-order valence-electron chi connectivity index (χ1n) is 7.30. The number of thiazole rings is 1. The zero-order valence-corrected chi connectivity index (χ0v) is 14.0. The van der Waals surface area contributed by atoms with Gasteiger partial charge in [0.1, 0.15) is 0 Å². The summed E-state index contributed by atoms with van der Waals surface area (Å²) in [6, 6.07) is 8.49. The number of hydrogen-bond donors (Lipinski definition) is 1. The molecule has 0 aliphatic heterocycles. The van der Waals surface area contributed by atoms with Crippen molar-refractivity contribution in [2.75, 3.05) is 19.0 Å². The van der Waals surface area contributed by atoms with Crippen LogP contribution >= 0.6 is 22.9 Å². The number of hydrogen-bond acceptors (Lipinski definition) is 4. The first kappa shape index (κ1) is 14.8. The minimum absolute atomic E-state index is 0.472. The highest BCUT2D eigenvalue weighted by molar-refractivity contribution is 7.15. The zero-order chi connectivity index (χ0) is 14.8. The molecule has 21 heavy (non-hydrogen) atoms.